The van der Waals surface area contributed by atoms with Crippen molar-refractivity contribution in [1.29, 1.82) is 5.26 Å². The Kier molecular flexibility index (Phi) is 7.64. The van der Waals surface area contributed by atoms with E-state index in [-0.39, 0.29) is 17.0 Å². The molecule has 2 aromatic rings. The molecule has 0 saturated carbocycles. The number of halogens is 1. The van der Waals surface area contributed by atoms with Gasteiger partial charge < -0.3 is 21.9 Å². The zero-order valence-electron chi connectivity index (χ0n) is 14.9. The second-order valence-electron chi connectivity index (χ2n) is 6.32. The molecular formula is C22H24BrN2P. The molecule has 3 rings (SSSR count). The Morgan fingerprint density at radius 2 is 1.50 bits per heavy atom. The molecule has 0 N–H and O–H groups in total. The monoisotopic (exact) mass is 426 g/mol. The average molecular weight is 427 g/mol. The van der Waals surface area contributed by atoms with Gasteiger partial charge in [-0.15, -0.1) is 0 Å². The van der Waals surface area contributed by atoms with Crippen molar-refractivity contribution in [2.24, 2.45) is 0 Å². The lowest BCUT2D eigenvalue weighted by Gasteiger charge is -2.26. The van der Waals surface area contributed by atoms with Crippen LogP contribution in [0.3, 0.4) is 0 Å². The van der Waals surface area contributed by atoms with Crippen molar-refractivity contribution in [3.8, 4) is 6.07 Å². The van der Waals surface area contributed by atoms with E-state index in [0.29, 0.717) is 0 Å². The fraction of sp³-hybridized carbons (Fsp3) is 0.227. The van der Waals surface area contributed by atoms with Crippen molar-refractivity contribution >= 4 is 17.9 Å². The maximum absolute atomic E-state index is 10.1. The van der Waals surface area contributed by atoms with Gasteiger partial charge in [0.25, 0.3) is 0 Å². The lowest BCUT2D eigenvalue weighted by atomic mass is 10.4. The van der Waals surface area contributed by atoms with E-state index in [9.17, 15) is 5.26 Å². The molecule has 134 valence electrons. The zero-order valence-corrected chi connectivity index (χ0v) is 17.4. The lowest BCUT2D eigenvalue weighted by Crippen LogP contribution is -3.00. The molecule has 26 heavy (non-hydrogen) atoms. The van der Waals surface area contributed by atoms with E-state index in [1.165, 1.54) is 23.5 Å². The smallest absolute Gasteiger partial charge is 0.196 e. The van der Waals surface area contributed by atoms with Crippen molar-refractivity contribution < 1.29 is 17.0 Å². The summed E-state index contributed by atoms with van der Waals surface area (Å²) < 4.78 is 0. The van der Waals surface area contributed by atoms with Gasteiger partial charge in [-0.2, -0.15) is 5.26 Å². The molecule has 1 fully saturated rings. The Bertz CT molecular complexity index is 735. The molecule has 0 radical (unpaired) electrons. The van der Waals surface area contributed by atoms with Crippen LogP contribution in [0.1, 0.15) is 12.8 Å². The van der Waals surface area contributed by atoms with Gasteiger partial charge in [0, 0.05) is 13.1 Å². The summed E-state index contributed by atoms with van der Waals surface area (Å²) in [6.45, 7) is 6.11. The highest BCUT2D eigenvalue weighted by atomic mass is 79.9. The molecule has 1 aliphatic heterocycles. The second-order valence-corrected chi connectivity index (χ2v) is 9.82. The largest absolute Gasteiger partial charge is 1.00 e. The molecule has 1 aliphatic rings. The topological polar surface area (TPSA) is 27.0 Å². The molecule has 4 heteroatoms. The second kappa shape index (κ2) is 9.72. The Balaban J connectivity index is 0.00000243. The van der Waals surface area contributed by atoms with Crippen LogP contribution in [0, 0.1) is 11.3 Å². The third-order valence-electron chi connectivity index (χ3n) is 4.77. The van der Waals surface area contributed by atoms with Gasteiger partial charge in [0.05, 0.1) is 12.4 Å². The van der Waals surface area contributed by atoms with Crippen LogP contribution in [-0.2, 0) is 0 Å². The number of benzene rings is 2. The predicted octanol–water partition coefficient (Wildman–Crippen LogP) is 1.31. The highest BCUT2D eigenvalue weighted by Crippen LogP contribution is 2.63. The average Bonchev–Trinajstić information content (AvgIpc) is 3.19. The van der Waals surface area contributed by atoms with Crippen LogP contribution < -0.4 is 27.6 Å². The van der Waals surface area contributed by atoms with Crippen molar-refractivity contribution in [2.45, 2.75) is 12.8 Å². The maximum Gasteiger partial charge on any atom is 0.196 e. The van der Waals surface area contributed by atoms with Crippen LogP contribution in [0.4, 0.5) is 0 Å². The van der Waals surface area contributed by atoms with E-state index in [0.717, 1.165) is 24.6 Å². The fourth-order valence-corrected chi connectivity index (χ4v) is 7.30. The van der Waals surface area contributed by atoms with Crippen LogP contribution >= 0.6 is 7.26 Å². The Labute approximate surface area is 168 Å². The summed E-state index contributed by atoms with van der Waals surface area (Å²) >= 11 is 0. The van der Waals surface area contributed by atoms with Crippen molar-refractivity contribution in [3.63, 3.8) is 0 Å². The molecule has 0 unspecified atom stereocenters. The summed E-state index contributed by atoms with van der Waals surface area (Å²) in [6.07, 6.45) is 7.32. The first kappa shape index (κ1) is 20.4. The molecule has 0 atom stereocenters. The van der Waals surface area contributed by atoms with E-state index in [4.69, 9.17) is 0 Å². The molecule has 0 spiro atoms. The molecule has 2 aromatic carbocycles. The third kappa shape index (κ3) is 4.09. The Morgan fingerprint density at radius 1 is 1.00 bits per heavy atom. The molecule has 0 bridgehead atoms. The van der Waals surface area contributed by atoms with Gasteiger partial charge in [-0.25, -0.2) is 0 Å². The summed E-state index contributed by atoms with van der Waals surface area (Å²) in [5, 5.41) is 13.5. The molecule has 0 amide bonds. The van der Waals surface area contributed by atoms with Crippen LogP contribution in [0.2, 0.25) is 0 Å². The number of allylic oxidation sites excluding steroid dienone is 2. The van der Waals surface area contributed by atoms with Gasteiger partial charge in [0.15, 0.2) is 5.31 Å². The lowest BCUT2D eigenvalue weighted by molar-refractivity contribution is -0.00000519. The van der Waals surface area contributed by atoms with Gasteiger partial charge in [0.1, 0.15) is 23.9 Å². The molecule has 0 aliphatic carbocycles. The summed E-state index contributed by atoms with van der Waals surface area (Å²) in [6, 6.07) is 23.6. The molecule has 1 heterocycles. The number of hydrogen-bond donors (Lipinski definition) is 0. The molecular weight excluding hydrogens is 403 g/mol. The first-order valence-electron chi connectivity index (χ1n) is 8.78. The number of hydrogen-bond acceptors (Lipinski definition) is 2. The minimum atomic E-state index is -2.02. The highest BCUT2D eigenvalue weighted by molar-refractivity contribution is 7.93. The normalized spacial score (nSPS) is 14.4. The SMILES string of the molecule is C=CC[P+](/C(C#N)=C\N1CCCC1)(c1ccccc1)c1ccccc1.[Br-]. The fourth-order valence-electron chi connectivity index (χ4n) is 3.55. The number of nitriles is 1. The van der Waals surface area contributed by atoms with Crippen molar-refractivity contribution in [2.75, 3.05) is 19.3 Å². The first-order valence-corrected chi connectivity index (χ1v) is 10.8. The summed E-state index contributed by atoms with van der Waals surface area (Å²) in [7, 11) is -2.02. The van der Waals surface area contributed by atoms with E-state index in [1.54, 1.807) is 0 Å². The third-order valence-corrected chi connectivity index (χ3v) is 8.97. The molecule has 2 nitrogen and oxygen atoms in total. The first-order chi connectivity index (χ1) is 12.3. The Morgan fingerprint density at radius 3 is 1.92 bits per heavy atom. The van der Waals surface area contributed by atoms with E-state index < -0.39 is 7.26 Å². The van der Waals surface area contributed by atoms with Crippen LogP contribution in [-0.4, -0.2) is 24.2 Å². The predicted molar refractivity (Wildman–Crippen MR) is 109 cm³/mol. The van der Waals surface area contributed by atoms with Crippen molar-refractivity contribution in [1.82, 2.24) is 4.90 Å². The van der Waals surface area contributed by atoms with E-state index >= 15 is 0 Å². The summed E-state index contributed by atoms with van der Waals surface area (Å²) in [5.41, 5.74) is 0. The van der Waals surface area contributed by atoms with Gasteiger partial charge in [-0.1, -0.05) is 49.1 Å². The van der Waals surface area contributed by atoms with Crippen LogP contribution in [0.15, 0.2) is 84.8 Å². The minimum absolute atomic E-state index is 0. The van der Waals surface area contributed by atoms with Gasteiger partial charge in [0.2, 0.25) is 0 Å². The maximum atomic E-state index is 10.1. The number of likely N-dealkylation sites (tertiary alicyclic amines) is 1. The van der Waals surface area contributed by atoms with Crippen LogP contribution in [0.25, 0.3) is 0 Å². The van der Waals surface area contributed by atoms with Gasteiger partial charge in [-0.3, -0.25) is 0 Å². The van der Waals surface area contributed by atoms with E-state index in [1.807, 2.05) is 18.2 Å². The molecule has 1 saturated heterocycles. The number of rotatable bonds is 6. The summed E-state index contributed by atoms with van der Waals surface area (Å²) in [5.74, 6) is 0. The molecule has 0 aromatic heterocycles. The van der Waals surface area contributed by atoms with E-state index in [2.05, 4.69) is 72.3 Å². The Hall–Kier alpha value is -1.88. The van der Waals surface area contributed by atoms with Crippen LogP contribution in [0.5, 0.6) is 0 Å². The number of nitrogens with zero attached hydrogens (tertiary/aromatic N) is 2. The minimum Gasteiger partial charge on any atom is -1.00 e. The quantitative estimate of drug-likeness (QED) is 0.395. The van der Waals surface area contributed by atoms with Gasteiger partial charge >= 0.3 is 0 Å². The highest BCUT2D eigenvalue weighted by Gasteiger charge is 2.47. The zero-order chi connectivity index (χ0) is 17.5. The summed E-state index contributed by atoms with van der Waals surface area (Å²) in [4.78, 5) is 2.31. The van der Waals surface area contributed by atoms with Crippen molar-refractivity contribution in [3.05, 3.63) is 84.8 Å². The standard InChI is InChI=1S/C22H24N2P.BrH/c1-2-17-25(20-11-5-3-6-12-20,21-13-7-4-8-14-21)22(18-23)19-24-15-9-10-16-24;/h2-8,11-14,19H,1,9-10,15-17H2;1H/q+1;/p-1/b22-19-;. The van der Waals surface area contributed by atoms with Gasteiger partial charge in [-0.05, 0) is 37.1 Å².